The summed E-state index contributed by atoms with van der Waals surface area (Å²) in [5.41, 5.74) is 5.41. The third-order valence-corrected chi connectivity index (χ3v) is 7.79. The van der Waals surface area contributed by atoms with Gasteiger partial charge in [0.05, 0.1) is 13.2 Å². The van der Waals surface area contributed by atoms with E-state index in [9.17, 15) is 24.6 Å². The summed E-state index contributed by atoms with van der Waals surface area (Å²) in [7, 11) is 0. The van der Waals surface area contributed by atoms with E-state index >= 15 is 0 Å². The maximum atomic E-state index is 12.3. The van der Waals surface area contributed by atoms with Gasteiger partial charge in [-0.1, -0.05) is 54.6 Å². The minimum absolute atomic E-state index is 0.00375. The third-order valence-electron chi connectivity index (χ3n) is 7.79. The number of fused-ring (bicyclic) bond motifs is 8. The van der Waals surface area contributed by atoms with Crippen LogP contribution in [0.5, 0.6) is 23.0 Å². The number of aromatic hydroxyl groups is 2. The Kier molecular flexibility index (Phi) is 10.2. The van der Waals surface area contributed by atoms with Crippen molar-refractivity contribution in [3.63, 3.8) is 0 Å². The molecule has 0 aromatic heterocycles. The molecule has 9 heteroatoms. The Morgan fingerprint density at radius 2 is 0.957 bits per heavy atom. The van der Waals surface area contributed by atoms with Crippen molar-refractivity contribution in [3.8, 4) is 23.0 Å². The van der Waals surface area contributed by atoms with Gasteiger partial charge in [0.1, 0.15) is 29.3 Å². The Morgan fingerprint density at radius 3 is 1.33 bits per heavy atom. The van der Waals surface area contributed by atoms with Crippen LogP contribution in [0.3, 0.4) is 0 Å². The molecule has 0 aliphatic heterocycles. The summed E-state index contributed by atoms with van der Waals surface area (Å²) in [5, 5.41) is 23.0. The van der Waals surface area contributed by atoms with Crippen molar-refractivity contribution in [3.05, 3.63) is 117 Å². The molecule has 46 heavy (non-hydrogen) atoms. The highest BCUT2D eigenvalue weighted by Crippen LogP contribution is 2.38. The topological polar surface area (TPSA) is 129 Å². The summed E-state index contributed by atoms with van der Waals surface area (Å²) in [6.07, 6.45) is 1.66. The van der Waals surface area contributed by atoms with Crippen molar-refractivity contribution in [2.24, 2.45) is 0 Å². The number of carbonyl (C=O) groups is 3. The smallest absolute Gasteiger partial charge is 0.344 e. The van der Waals surface area contributed by atoms with Gasteiger partial charge in [-0.2, -0.15) is 0 Å². The van der Waals surface area contributed by atoms with E-state index in [1.165, 1.54) is 0 Å². The van der Waals surface area contributed by atoms with Gasteiger partial charge >= 0.3 is 11.9 Å². The molecule has 1 aliphatic carbocycles. The van der Waals surface area contributed by atoms with Gasteiger partial charge in [0.15, 0.2) is 13.2 Å². The summed E-state index contributed by atoms with van der Waals surface area (Å²) in [5.74, 6) is -0.0638. The first kappa shape index (κ1) is 32.1. The molecule has 1 aliphatic rings. The highest BCUT2D eigenvalue weighted by Gasteiger charge is 2.22. The zero-order valence-corrected chi connectivity index (χ0v) is 25.8. The Morgan fingerprint density at radius 1 is 0.609 bits per heavy atom. The van der Waals surface area contributed by atoms with Crippen molar-refractivity contribution < 1.29 is 43.5 Å². The van der Waals surface area contributed by atoms with Gasteiger partial charge in [-0.3, -0.25) is 4.79 Å². The van der Waals surface area contributed by atoms with E-state index in [2.05, 4.69) is 0 Å². The molecular weight excluding hydrogens is 588 g/mol. The van der Waals surface area contributed by atoms with Crippen LogP contribution in [0.4, 0.5) is 0 Å². The van der Waals surface area contributed by atoms with Crippen LogP contribution in [0.25, 0.3) is 0 Å². The molecule has 0 saturated carbocycles. The van der Waals surface area contributed by atoms with E-state index in [1.807, 2.05) is 54.6 Å². The van der Waals surface area contributed by atoms with E-state index in [0.29, 0.717) is 61.6 Å². The lowest BCUT2D eigenvalue weighted by atomic mass is 9.90. The van der Waals surface area contributed by atoms with Crippen molar-refractivity contribution in [1.82, 2.24) is 0 Å². The fourth-order valence-electron chi connectivity index (χ4n) is 5.75. The second-order valence-corrected chi connectivity index (χ2v) is 10.9. The summed E-state index contributed by atoms with van der Waals surface area (Å²) in [4.78, 5) is 36.6. The van der Waals surface area contributed by atoms with Crippen LogP contribution >= 0.6 is 0 Å². The Balaban J connectivity index is 1.68. The van der Waals surface area contributed by atoms with Crippen LogP contribution in [-0.4, -0.2) is 54.9 Å². The Bertz CT molecular complexity index is 1640. The number of benzene rings is 4. The number of phenolic OH excluding ortho intramolecular Hbond substituents is 2. The lowest BCUT2D eigenvalue weighted by Gasteiger charge is -2.20. The molecule has 5 rings (SSSR count). The highest BCUT2D eigenvalue weighted by molar-refractivity contribution is 5.77. The first-order valence-corrected chi connectivity index (χ1v) is 15.2. The van der Waals surface area contributed by atoms with E-state index in [0.717, 1.165) is 6.29 Å². The monoisotopic (exact) mass is 624 g/mol. The number of phenols is 2. The van der Waals surface area contributed by atoms with Crippen LogP contribution in [-0.2, 0) is 44.7 Å². The van der Waals surface area contributed by atoms with Gasteiger partial charge < -0.3 is 29.2 Å². The van der Waals surface area contributed by atoms with Crippen LogP contribution in [0, 0.1) is 0 Å². The summed E-state index contributed by atoms with van der Waals surface area (Å²) in [6, 6.07) is 19.9. The van der Waals surface area contributed by atoms with Gasteiger partial charge in [-0.25, -0.2) is 9.59 Å². The summed E-state index contributed by atoms with van der Waals surface area (Å²) < 4.78 is 22.3. The van der Waals surface area contributed by atoms with Gasteiger partial charge in [-0.15, -0.1) is 0 Å². The molecule has 0 saturated heterocycles. The molecule has 0 amide bonds. The number of rotatable bonds is 9. The average Bonchev–Trinajstić information content (AvgIpc) is 3.04. The zero-order chi connectivity index (χ0) is 32.6. The Hall–Kier alpha value is -5.31. The number of esters is 2. The maximum absolute atomic E-state index is 12.3. The first-order valence-electron chi connectivity index (χ1n) is 15.2. The third kappa shape index (κ3) is 7.31. The van der Waals surface area contributed by atoms with E-state index < -0.39 is 11.9 Å². The molecule has 4 aromatic carbocycles. The quantitative estimate of drug-likeness (QED) is 0.162. The lowest BCUT2D eigenvalue weighted by molar-refractivity contribution is -0.146. The minimum Gasteiger partial charge on any atom is -0.507 e. The fourth-order valence-corrected chi connectivity index (χ4v) is 5.75. The van der Waals surface area contributed by atoms with Gasteiger partial charge in [-0.05, 0) is 70.5 Å². The summed E-state index contributed by atoms with van der Waals surface area (Å²) >= 11 is 0. The SMILES string of the molecule is CCOC(=O)COc1c2cccc1Cc1cc(C=O)cc(c1O)Cc1cccc(c1OCC(=O)OCC)Cc1cccc(c1O)C2. The molecular formula is C37H36O9. The molecule has 2 N–H and O–H groups in total. The lowest BCUT2D eigenvalue weighted by Crippen LogP contribution is -2.16. The molecule has 9 nitrogen and oxygen atoms in total. The van der Waals surface area contributed by atoms with Gasteiger partial charge in [0.25, 0.3) is 0 Å². The first-order chi connectivity index (χ1) is 22.3. The normalized spacial score (nSPS) is 12.1. The van der Waals surface area contributed by atoms with Crippen molar-refractivity contribution in [2.75, 3.05) is 26.4 Å². The predicted molar refractivity (Wildman–Crippen MR) is 170 cm³/mol. The number of hydrogen-bond acceptors (Lipinski definition) is 9. The van der Waals surface area contributed by atoms with Crippen LogP contribution in [0.15, 0.2) is 66.7 Å². The van der Waals surface area contributed by atoms with Crippen molar-refractivity contribution >= 4 is 18.2 Å². The predicted octanol–water partition coefficient (Wildman–Crippen LogP) is 5.47. The van der Waals surface area contributed by atoms with Gasteiger partial charge in [0.2, 0.25) is 0 Å². The van der Waals surface area contributed by atoms with Crippen LogP contribution in [0.1, 0.15) is 68.7 Å². The molecule has 238 valence electrons. The Labute approximate surface area is 267 Å². The standard InChI is InChI=1S/C37H36O9/c1-3-43-32(39)21-45-36-26-10-6-12-28(36)18-30-14-23(20-38)15-31(35(30)42)19-29-13-7-11-27(37(29)46-22-33(40)44-4-2)17-25-9-5-8-24(16-26)34(25)41/h5-15,20,41-42H,3-4,16-19,21-22H2,1-2H3. The molecule has 0 unspecified atom stereocenters. The molecule has 0 radical (unpaired) electrons. The molecule has 8 bridgehead atoms. The largest absolute Gasteiger partial charge is 0.507 e. The molecule has 0 atom stereocenters. The van der Waals surface area contributed by atoms with Crippen LogP contribution in [0.2, 0.25) is 0 Å². The molecule has 0 fully saturated rings. The number of hydrogen-bond donors (Lipinski definition) is 2. The van der Waals surface area contributed by atoms with Crippen LogP contribution < -0.4 is 9.47 Å². The van der Waals surface area contributed by atoms with E-state index in [-0.39, 0.29) is 63.6 Å². The van der Waals surface area contributed by atoms with E-state index in [1.54, 1.807) is 26.0 Å². The molecule has 0 spiro atoms. The number of carbonyl (C=O) groups excluding carboxylic acids is 3. The second-order valence-electron chi connectivity index (χ2n) is 10.9. The fraction of sp³-hybridized carbons (Fsp3) is 0.270. The summed E-state index contributed by atoms with van der Waals surface area (Å²) in [6.45, 7) is 3.22. The van der Waals surface area contributed by atoms with E-state index in [4.69, 9.17) is 18.9 Å². The van der Waals surface area contributed by atoms with Gasteiger partial charge in [0, 0.05) is 31.2 Å². The average molecular weight is 625 g/mol. The molecule has 4 aromatic rings. The second kappa shape index (κ2) is 14.6. The minimum atomic E-state index is -0.523. The van der Waals surface area contributed by atoms with Crippen molar-refractivity contribution in [2.45, 2.75) is 39.5 Å². The number of aldehydes is 1. The highest BCUT2D eigenvalue weighted by atomic mass is 16.6. The maximum Gasteiger partial charge on any atom is 0.344 e. The van der Waals surface area contributed by atoms with Crippen molar-refractivity contribution in [1.29, 1.82) is 0 Å². The number of ether oxygens (including phenoxy) is 4. The number of para-hydroxylation sites is 3. The molecule has 0 heterocycles. The zero-order valence-electron chi connectivity index (χ0n) is 25.8.